The third-order valence-electron chi connectivity index (χ3n) is 4.51. The Morgan fingerprint density at radius 1 is 1.38 bits per heavy atom. The first-order valence-corrected chi connectivity index (χ1v) is 9.98. The molecule has 1 fully saturated rings. The SMILES string of the molecule is CCN1CCC(CNC(=NC)NCc2ccc(F)cc2CSC)C1. The summed E-state index contributed by atoms with van der Waals surface area (Å²) in [7, 11) is 1.79. The minimum Gasteiger partial charge on any atom is -0.356 e. The van der Waals surface area contributed by atoms with Crippen molar-refractivity contribution >= 4 is 17.7 Å². The van der Waals surface area contributed by atoms with Crippen molar-refractivity contribution < 1.29 is 4.39 Å². The molecule has 6 heteroatoms. The van der Waals surface area contributed by atoms with Crippen molar-refractivity contribution in [3.05, 3.63) is 35.1 Å². The van der Waals surface area contributed by atoms with Gasteiger partial charge in [-0.2, -0.15) is 11.8 Å². The predicted molar refractivity (Wildman–Crippen MR) is 102 cm³/mol. The van der Waals surface area contributed by atoms with Crippen LogP contribution >= 0.6 is 11.8 Å². The molecule has 1 aromatic rings. The molecule has 0 amide bonds. The number of likely N-dealkylation sites (tertiary alicyclic amines) is 1. The van der Waals surface area contributed by atoms with Gasteiger partial charge in [-0.05, 0) is 54.9 Å². The Morgan fingerprint density at radius 3 is 2.88 bits per heavy atom. The number of nitrogens with one attached hydrogen (secondary N) is 2. The highest BCUT2D eigenvalue weighted by Crippen LogP contribution is 2.17. The Kier molecular flexibility index (Phi) is 7.85. The molecule has 2 rings (SSSR count). The molecule has 24 heavy (non-hydrogen) atoms. The van der Waals surface area contributed by atoms with E-state index in [2.05, 4.69) is 27.4 Å². The fourth-order valence-electron chi connectivity index (χ4n) is 3.06. The van der Waals surface area contributed by atoms with E-state index in [4.69, 9.17) is 0 Å². The van der Waals surface area contributed by atoms with Gasteiger partial charge in [0, 0.05) is 32.4 Å². The lowest BCUT2D eigenvalue weighted by molar-refractivity contribution is 0.342. The van der Waals surface area contributed by atoms with E-state index in [0.29, 0.717) is 12.5 Å². The molecule has 0 spiro atoms. The van der Waals surface area contributed by atoms with Crippen molar-refractivity contribution in [3.63, 3.8) is 0 Å². The van der Waals surface area contributed by atoms with Gasteiger partial charge in [0.05, 0.1) is 0 Å². The number of thioether (sulfide) groups is 1. The molecule has 1 aromatic carbocycles. The number of benzene rings is 1. The lowest BCUT2D eigenvalue weighted by atomic mass is 10.1. The van der Waals surface area contributed by atoms with Crippen LogP contribution in [0.2, 0.25) is 0 Å². The number of hydrogen-bond acceptors (Lipinski definition) is 3. The average Bonchev–Trinajstić information content (AvgIpc) is 3.05. The molecule has 1 aliphatic rings. The molecular formula is C18H29FN4S. The highest BCUT2D eigenvalue weighted by molar-refractivity contribution is 7.97. The second kappa shape index (κ2) is 9.89. The van der Waals surface area contributed by atoms with E-state index in [-0.39, 0.29) is 5.82 Å². The van der Waals surface area contributed by atoms with Gasteiger partial charge < -0.3 is 15.5 Å². The van der Waals surface area contributed by atoms with Crippen molar-refractivity contribution in [2.75, 3.05) is 39.5 Å². The summed E-state index contributed by atoms with van der Waals surface area (Å²) >= 11 is 1.70. The molecule has 1 unspecified atom stereocenters. The molecule has 1 heterocycles. The van der Waals surface area contributed by atoms with Crippen molar-refractivity contribution in [2.45, 2.75) is 25.6 Å². The first kappa shape index (κ1) is 19.1. The fourth-order valence-corrected chi connectivity index (χ4v) is 3.64. The Hall–Kier alpha value is -1.27. The maximum Gasteiger partial charge on any atom is 0.191 e. The van der Waals surface area contributed by atoms with E-state index in [1.165, 1.54) is 19.0 Å². The topological polar surface area (TPSA) is 39.7 Å². The molecule has 1 saturated heterocycles. The van der Waals surface area contributed by atoms with E-state index in [1.54, 1.807) is 24.9 Å². The lowest BCUT2D eigenvalue weighted by Crippen LogP contribution is -2.40. The molecule has 1 atom stereocenters. The second-order valence-electron chi connectivity index (χ2n) is 6.20. The van der Waals surface area contributed by atoms with Gasteiger partial charge in [0.15, 0.2) is 5.96 Å². The van der Waals surface area contributed by atoms with Crippen molar-refractivity contribution in [1.82, 2.24) is 15.5 Å². The number of aliphatic imine (C=N–C) groups is 1. The van der Waals surface area contributed by atoms with E-state index < -0.39 is 0 Å². The molecule has 1 aliphatic heterocycles. The number of halogens is 1. The van der Waals surface area contributed by atoms with Crippen LogP contribution in [0.1, 0.15) is 24.5 Å². The normalized spacial score (nSPS) is 18.8. The summed E-state index contributed by atoms with van der Waals surface area (Å²) in [6, 6.07) is 5.01. The largest absolute Gasteiger partial charge is 0.356 e. The van der Waals surface area contributed by atoms with Crippen molar-refractivity contribution in [1.29, 1.82) is 0 Å². The molecule has 0 aliphatic carbocycles. The predicted octanol–water partition coefficient (Wildman–Crippen LogP) is 2.70. The minimum absolute atomic E-state index is 0.174. The highest BCUT2D eigenvalue weighted by atomic mass is 32.2. The zero-order chi connectivity index (χ0) is 17.4. The summed E-state index contributed by atoms with van der Waals surface area (Å²) < 4.78 is 13.4. The third kappa shape index (κ3) is 5.67. The fraction of sp³-hybridized carbons (Fsp3) is 0.611. The molecule has 4 nitrogen and oxygen atoms in total. The van der Waals surface area contributed by atoms with Crippen LogP contribution in [0.25, 0.3) is 0 Å². The second-order valence-corrected chi connectivity index (χ2v) is 7.07. The van der Waals surface area contributed by atoms with Gasteiger partial charge in [-0.3, -0.25) is 4.99 Å². The molecule has 0 saturated carbocycles. The Balaban J connectivity index is 1.83. The Bertz CT molecular complexity index is 550. The van der Waals surface area contributed by atoms with Crippen molar-refractivity contribution in [3.8, 4) is 0 Å². The van der Waals surface area contributed by atoms with Gasteiger partial charge in [0.1, 0.15) is 5.82 Å². The Labute approximate surface area is 149 Å². The number of rotatable bonds is 7. The van der Waals surface area contributed by atoms with Gasteiger partial charge >= 0.3 is 0 Å². The average molecular weight is 353 g/mol. The summed E-state index contributed by atoms with van der Waals surface area (Å²) in [4.78, 5) is 6.78. The van der Waals surface area contributed by atoms with Crippen LogP contribution in [0, 0.1) is 11.7 Å². The van der Waals surface area contributed by atoms with Crippen LogP contribution in [0.4, 0.5) is 4.39 Å². The first-order valence-electron chi connectivity index (χ1n) is 8.59. The van der Waals surface area contributed by atoms with Crippen LogP contribution in [0.3, 0.4) is 0 Å². The minimum atomic E-state index is -0.174. The van der Waals surface area contributed by atoms with Gasteiger partial charge in [-0.1, -0.05) is 13.0 Å². The van der Waals surface area contributed by atoms with E-state index in [0.717, 1.165) is 42.5 Å². The van der Waals surface area contributed by atoms with Crippen LogP contribution < -0.4 is 10.6 Å². The van der Waals surface area contributed by atoms with Crippen LogP contribution in [0.5, 0.6) is 0 Å². The summed E-state index contributed by atoms with van der Waals surface area (Å²) in [5.74, 6) is 2.13. The van der Waals surface area contributed by atoms with E-state index in [9.17, 15) is 4.39 Å². The zero-order valence-corrected chi connectivity index (χ0v) is 15.8. The number of nitrogens with zero attached hydrogens (tertiary/aromatic N) is 2. The van der Waals surface area contributed by atoms with Gasteiger partial charge in [0.25, 0.3) is 0 Å². The smallest absolute Gasteiger partial charge is 0.191 e. The molecular weight excluding hydrogens is 323 g/mol. The summed E-state index contributed by atoms with van der Waals surface area (Å²) in [5, 5.41) is 6.77. The maximum absolute atomic E-state index is 13.4. The first-order chi connectivity index (χ1) is 11.7. The number of guanidine groups is 1. The molecule has 2 N–H and O–H groups in total. The molecule has 0 bridgehead atoms. The highest BCUT2D eigenvalue weighted by Gasteiger charge is 2.20. The maximum atomic E-state index is 13.4. The van der Waals surface area contributed by atoms with Crippen molar-refractivity contribution in [2.24, 2.45) is 10.9 Å². The summed E-state index contributed by atoms with van der Waals surface area (Å²) in [6.45, 7) is 7.30. The summed E-state index contributed by atoms with van der Waals surface area (Å²) in [6.07, 6.45) is 3.28. The van der Waals surface area contributed by atoms with Gasteiger partial charge in [-0.25, -0.2) is 4.39 Å². The standard InChI is InChI=1S/C18H29FN4S/c1-4-23-8-7-14(12-23)10-21-18(20-2)22-11-15-5-6-17(19)9-16(15)13-24-3/h5-6,9,14H,4,7-8,10-13H2,1-3H3,(H2,20,21,22). The third-order valence-corrected chi connectivity index (χ3v) is 5.11. The molecule has 134 valence electrons. The zero-order valence-electron chi connectivity index (χ0n) is 14.9. The monoisotopic (exact) mass is 352 g/mol. The molecule has 0 radical (unpaired) electrons. The Morgan fingerprint density at radius 2 is 2.21 bits per heavy atom. The lowest BCUT2D eigenvalue weighted by Gasteiger charge is -2.17. The summed E-state index contributed by atoms with van der Waals surface area (Å²) in [5.41, 5.74) is 2.16. The quantitative estimate of drug-likeness (QED) is 0.585. The van der Waals surface area contributed by atoms with E-state index in [1.807, 2.05) is 12.3 Å². The van der Waals surface area contributed by atoms with Crippen LogP contribution in [-0.2, 0) is 12.3 Å². The van der Waals surface area contributed by atoms with Gasteiger partial charge in [0.2, 0.25) is 0 Å². The van der Waals surface area contributed by atoms with E-state index >= 15 is 0 Å². The van der Waals surface area contributed by atoms with Crippen LogP contribution in [0.15, 0.2) is 23.2 Å². The molecule has 0 aromatic heterocycles. The van der Waals surface area contributed by atoms with Crippen LogP contribution in [-0.4, -0.2) is 50.3 Å². The number of hydrogen-bond donors (Lipinski definition) is 2. The van der Waals surface area contributed by atoms with Gasteiger partial charge in [-0.15, -0.1) is 0 Å².